The van der Waals surface area contributed by atoms with Crippen molar-refractivity contribution >= 4 is 23.4 Å². The molecule has 1 aromatic carbocycles. The summed E-state index contributed by atoms with van der Waals surface area (Å²) < 4.78 is 23.6. The molecule has 0 amide bonds. The minimum Gasteiger partial charge on any atom is -0.449 e. The van der Waals surface area contributed by atoms with Crippen LogP contribution < -0.4 is 0 Å². The van der Waals surface area contributed by atoms with Gasteiger partial charge in [0.25, 0.3) is 5.89 Å². The second kappa shape index (κ2) is 7.18. The third-order valence-electron chi connectivity index (χ3n) is 3.10. The molecule has 5 nitrogen and oxygen atoms in total. The number of benzene rings is 1. The predicted octanol–water partition coefficient (Wildman–Crippen LogP) is 4.25. The van der Waals surface area contributed by atoms with Crippen molar-refractivity contribution in [2.75, 3.05) is 0 Å². The van der Waals surface area contributed by atoms with Crippen molar-refractivity contribution in [1.29, 1.82) is 0 Å². The molecule has 0 aliphatic rings. The van der Waals surface area contributed by atoms with E-state index in [0.717, 1.165) is 4.88 Å². The predicted molar refractivity (Wildman–Crippen MR) is 87.6 cm³/mol. The highest BCUT2D eigenvalue weighted by Crippen LogP contribution is 2.22. The topological polar surface area (TPSA) is 65.2 Å². The largest absolute Gasteiger partial charge is 0.449 e. The maximum Gasteiger partial charge on any atom is 0.331 e. The molecule has 3 aromatic rings. The number of carbonyl (C=O) groups is 1. The van der Waals surface area contributed by atoms with E-state index in [1.807, 2.05) is 17.5 Å². The summed E-state index contributed by atoms with van der Waals surface area (Å²) in [5.41, 5.74) is 0.589. The highest BCUT2D eigenvalue weighted by atomic mass is 32.1. The first-order chi connectivity index (χ1) is 11.6. The van der Waals surface area contributed by atoms with Crippen LogP contribution in [0.4, 0.5) is 4.39 Å². The summed E-state index contributed by atoms with van der Waals surface area (Å²) in [5.74, 6) is -0.440. The van der Waals surface area contributed by atoms with Crippen LogP contribution in [0.1, 0.15) is 23.8 Å². The second-order valence-electron chi connectivity index (χ2n) is 4.88. The van der Waals surface area contributed by atoms with Crippen LogP contribution in [0.5, 0.6) is 0 Å². The van der Waals surface area contributed by atoms with E-state index in [0.29, 0.717) is 5.56 Å². The first kappa shape index (κ1) is 16.1. The molecule has 122 valence electrons. The molecule has 0 aliphatic carbocycles. The van der Waals surface area contributed by atoms with Gasteiger partial charge >= 0.3 is 5.97 Å². The van der Waals surface area contributed by atoms with Crippen LogP contribution in [-0.4, -0.2) is 16.2 Å². The molecule has 0 spiro atoms. The highest BCUT2D eigenvalue weighted by molar-refractivity contribution is 7.10. The monoisotopic (exact) mass is 344 g/mol. The van der Waals surface area contributed by atoms with Gasteiger partial charge in [0, 0.05) is 16.5 Å². The molecule has 0 saturated heterocycles. The van der Waals surface area contributed by atoms with Crippen molar-refractivity contribution in [3.05, 3.63) is 64.4 Å². The number of ether oxygens (including phenoxy) is 1. The van der Waals surface area contributed by atoms with E-state index in [2.05, 4.69) is 10.2 Å². The van der Waals surface area contributed by atoms with E-state index in [4.69, 9.17) is 9.15 Å². The van der Waals surface area contributed by atoms with Gasteiger partial charge in [0.15, 0.2) is 6.10 Å². The average Bonchev–Trinajstić information content (AvgIpc) is 3.25. The van der Waals surface area contributed by atoms with Crippen molar-refractivity contribution in [3.63, 3.8) is 0 Å². The number of esters is 1. The summed E-state index contributed by atoms with van der Waals surface area (Å²) in [7, 11) is 0. The van der Waals surface area contributed by atoms with Crippen LogP contribution in [0, 0.1) is 5.82 Å². The lowest BCUT2D eigenvalue weighted by Crippen LogP contribution is -2.06. The zero-order valence-electron chi connectivity index (χ0n) is 12.7. The molecular weight excluding hydrogens is 331 g/mol. The van der Waals surface area contributed by atoms with E-state index in [1.54, 1.807) is 13.0 Å². The summed E-state index contributed by atoms with van der Waals surface area (Å²) in [6, 6.07) is 9.47. The fraction of sp³-hybridized carbons (Fsp3) is 0.118. The summed E-state index contributed by atoms with van der Waals surface area (Å²) in [6.07, 6.45) is 2.34. The molecular formula is C17H13FN2O3S. The van der Waals surface area contributed by atoms with Gasteiger partial charge in [-0.15, -0.1) is 21.5 Å². The molecule has 0 bridgehead atoms. The Bertz CT molecular complexity index is 841. The number of hydrogen-bond donors (Lipinski definition) is 0. The van der Waals surface area contributed by atoms with E-state index in [1.165, 1.54) is 41.7 Å². The molecule has 7 heteroatoms. The normalized spacial score (nSPS) is 12.4. The van der Waals surface area contributed by atoms with Gasteiger partial charge < -0.3 is 9.15 Å². The van der Waals surface area contributed by atoms with Gasteiger partial charge in [-0.2, -0.15) is 0 Å². The quantitative estimate of drug-likeness (QED) is 0.511. The molecule has 0 unspecified atom stereocenters. The number of thiophene rings is 1. The maximum absolute atomic E-state index is 12.9. The maximum atomic E-state index is 12.9. The van der Waals surface area contributed by atoms with Crippen molar-refractivity contribution in [2.24, 2.45) is 0 Å². The third kappa shape index (κ3) is 3.94. The first-order valence-electron chi connectivity index (χ1n) is 7.13. The number of hydrogen-bond acceptors (Lipinski definition) is 6. The van der Waals surface area contributed by atoms with Crippen LogP contribution in [0.25, 0.3) is 17.5 Å². The number of halogens is 1. The van der Waals surface area contributed by atoms with Crippen LogP contribution >= 0.6 is 11.3 Å². The summed E-state index contributed by atoms with van der Waals surface area (Å²) in [5, 5.41) is 9.67. The minimum absolute atomic E-state index is 0.173. The summed E-state index contributed by atoms with van der Waals surface area (Å²) in [6.45, 7) is 1.64. The van der Waals surface area contributed by atoms with Crippen molar-refractivity contribution in [3.8, 4) is 11.5 Å². The molecule has 2 heterocycles. The zero-order valence-corrected chi connectivity index (χ0v) is 13.5. The molecule has 1 atom stereocenters. The average molecular weight is 344 g/mol. The second-order valence-corrected chi connectivity index (χ2v) is 5.86. The summed E-state index contributed by atoms with van der Waals surface area (Å²) in [4.78, 5) is 12.8. The van der Waals surface area contributed by atoms with E-state index in [9.17, 15) is 9.18 Å². The molecule has 0 saturated carbocycles. The van der Waals surface area contributed by atoms with Gasteiger partial charge in [0.05, 0.1) is 0 Å². The SMILES string of the molecule is C[C@@H](OC(=O)/C=C/c1cccs1)c1nnc(-c2ccc(F)cc2)o1. The number of rotatable bonds is 5. The van der Waals surface area contributed by atoms with Gasteiger partial charge in [-0.3, -0.25) is 0 Å². The fourth-order valence-electron chi connectivity index (χ4n) is 1.91. The minimum atomic E-state index is -0.688. The number of carbonyl (C=O) groups excluding carboxylic acids is 1. The van der Waals surface area contributed by atoms with Crippen LogP contribution in [0.2, 0.25) is 0 Å². The van der Waals surface area contributed by atoms with Crippen molar-refractivity contribution in [2.45, 2.75) is 13.0 Å². The lowest BCUT2D eigenvalue weighted by molar-refractivity contribution is -0.143. The zero-order chi connectivity index (χ0) is 16.9. The molecule has 0 radical (unpaired) electrons. The molecule has 0 fully saturated rings. The highest BCUT2D eigenvalue weighted by Gasteiger charge is 2.18. The Morgan fingerprint density at radius 1 is 1.29 bits per heavy atom. The molecule has 2 aromatic heterocycles. The lowest BCUT2D eigenvalue weighted by Gasteiger charge is -2.06. The number of nitrogens with zero attached hydrogens (tertiary/aromatic N) is 2. The molecule has 0 N–H and O–H groups in total. The van der Waals surface area contributed by atoms with Crippen molar-refractivity contribution < 1.29 is 18.3 Å². The Balaban J connectivity index is 1.64. The summed E-state index contributed by atoms with van der Waals surface area (Å²) >= 11 is 1.52. The Morgan fingerprint density at radius 2 is 2.08 bits per heavy atom. The van der Waals surface area contributed by atoms with Crippen molar-refractivity contribution in [1.82, 2.24) is 10.2 Å². The smallest absolute Gasteiger partial charge is 0.331 e. The van der Waals surface area contributed by atoms with Gasteiger partial charge in [0.2, 0.25) is 5.89 Å². The Labute approximate surface area is 141 Å². The first-order valence-corrected chi connectivity index (χ1v) is 8.01. The Morgan fingerprint density at radius 3 is 2.79 bits per heavy atom. The van der Waals surface area contributed by atoms with E-state index >= 15 is 0 Å². The number of aromatic nitrogens is 2. The van der Waals surface area contributed by atoms with E-state index in [-0.39, 0.29) is 17.6 Å². The molecule has 3 rings (SSSR count). The Hall–Kier alpha value is -2.80. The van der Waals surface area contributed by atoms with Gasteiger partial charge in [-0.05, 0) is 48.7 Å². The molecule has 0 aliphatic heterocycles. The van der Waals surface area contributed by atoms with Crippen LogP contribution in [-0.2, 0) is 9.53 Å². The van der Waals surface area contributed by atoms with Crippen LogP contribution in [0.3, 0.4) is 0 Å². The van der Waals surface area contributed by atoms with Crippen LogP contribution in [0.15, 0.2) is 52.3 Å². The van der Waals surface area contributed by atoms with Gasteiger partial charge in [-0.25, -0.2) is 9.18 Å². The molecule has 24 heavy (non-hydrogen) atoms. The standard InChI is InChI=1S/C17H13FN2O3S/c1-11(22-15(21)9-8-14-3-2-10-24-14)16-19-20-17(23-16)12-4-6-13(18)7-5-12/h2-11H,1H3/b9-8+/t11-/m1/s1. The van der Waals surface area contributed by atoms with E-state index < -0.39 is 12.1 Å². The van der Waals surface area contributed by atoms with Gasteiger partial charge in [-0.1, -0.05) is 6.07 Å². The Kier molecular flexibility index (Phi) is 4.81. The van der Waals surface area contributed by atoms with Gasteiger partial charge in [0.1, 0.15) is 5.82 Å². The third-order valence-corrected chi connectivity index (χ3v) is 3.94. The fourth-order valence-corrected chi connectivity index (χ4v) is 2.53. The lowest BCUT2D eigenvalue weighted by atomic mass is 10.2.